The van der Waals surface area contributed by atoms with E-state index in [1.54, 1.807) is 7.11 Å². The van der Waals surface area contributed by atoms with Gasteiger partial charge < -0.3 is 24.2 Å². The lowest BCUT2D eigenvalue weighted by Gasteiger charge is -2.34. The summed E-state index contributed by atoms with van der Waals surface area (Å²) in [5.41, 5.74) is 6.12. The molecule has 0 spiro atoms. The van der Waals surface area contributed by atoms with Crippen molar-refractivity contribution in [2.45, 2.75) is 19.6 Å². The molecule has 0 N–H and O–H groups in total. The standard InChI is InChI=1S/C30H39N5O2/c1-32-12-14-34(15-13-32)28-8-6-25(7-9-28)22-35(23-26-4-3-5-30(20-26)36-2)29-10-11-31-27(21-29)24-33-16-18-37-19-17-33/h3-11,20-21H,12-19,22-24H2,1-2H3. The fourth-order valence-electron chi connectivity index (χ4n) is 5.06. The van der Waals surface area contributed by atoms with Gasteiger partial charge in [0.15, 0.2) is 0 Å². The molecule has 3 aromatic rings. The zero-order valence-electron chi connectivity index (χ0n) is 22.2. The Balaban J connectivity index is 1.35. The Hall–Kier alpha value is -3.13. The summed E-state index contributed by atoms with van der Waals surface area (Å²) in [5.74, 6) is 0.886. The van der Waals surface area contributed by atoms with Crippen LogP contribution in [0.25, 0.3) is 0 Å². The third-order valence-electron chi connectivity index (χ3n) is 7.34. The number of likely N-dealkylation sites (N-methyl/N-ethyl adjacent to an activating group) is 1. The maximum absolute atomic E-state index is 5.52. The number of pyridine rings is 1. The Bertz CT molecular complexity index is 1120. The first-order chi connectivity index (χ1) is 18.2. The summed E-state index contributed by atoms with van der Waals surface area (Å²) in [5, 5.41) is 0. The second-order valence-corrected chi connectivity index (χ2v) is 10.1. The molecular formula is C30H39N5O2. The zero-order chi connectivity index (χ0) is 25.5. The number of morpholine rings is 1. The van der Waals surface area contributed by atoms with Crippen molar-refractivity contribution >= 4 is 11.4 Å². The highest BCUT2D eigenvalue weighted by Gasteiger charge is 2.16. The van der Waals surface area contributed by atoms with Gasteiger partial charge in [0.05, 0.1) is 26.0 Å². The average Bonchev–Trinajstić information content (AvgIpc) is 2.94. The molecule has 7 heteroatoms. The Labute approximate surface area is 221 Å². The van der Waals surface area contributed by atoms with Gasteiger partial charge in [-0.25, -0.2) is 0 Å². The van der Waals surface area contributed by atoms with Crippen LogP contribution >= 0.6 is 0 Å². The van der Waals surface area contributed by atoms with E-state index in [1.165, 1.54) is 22.5 Å². The second-order valence-electron chi connectivity index (χ2n) is 10.1. The lowest BCUT2D eigenvalue weighted by atomic mass is 10.1. The van der Waals surface area contributed by atoms with Gasteiger partial charge in [0.25, 0.3) is 0 Å². The third-order valence-corrected chi connectivity index (χ3v) is 7.34. The van der Waals surface area contributed by atoms with Crippen LogP contribution in [0.5, 0.6) is 5.75 Å². The van der Waals surface area contributed by atoms with Crippen LogP contribution in [-0.4, -0.2) is 81.4 Å². The minimum atomic E-state index is 0.790. The smallest absolute Gasteiger partial charge is 0.119 e. The molecule has 0 atom stereocenters. The van der Waals surface area contributed by atoms with Crippen molar-refractivity contribution in [1.82, 2.24) is 14.8 Å². The number of hydrogen-bond acceptors (Lipinski definition) is 7. The van der Waals surface area contributed by atoms with Crippen LogP contribution < -0.4 is 14.5 Å². The van der Waals surface area contributed by atoms with Crippen molar-refractivity contribution in [3.05, 3.63) is 83.7 Å². The third kappa shape index (κ3) is 7.01. The van der Waals surface area contributed by atoms with Crippen molar-refractivity contribution in [1.29, 1.82) is 0 Å². The van der Waals surface area contributed by atoms with E-state index < -0.39 is 0 Å². The van der Waals surface area contributed by atoms with Gasteiger partial charge in [-0.15, -0.1) is 0 Å². The van der Waals surface area contributed by atoms with E-state index in [0.717, 1.165) is 83.6 Å². The number of nitrogens with zero attached hydrogens (tertiary/aromatic N) is 5. The highest BCUT2D eigenvalue weighted by Crippen LogP contribution is 2.24. The van der Waals surface area contributed by atoms with E-state index in [2.05, 4.69) is 86.2 Å². The number of hydrogen-bond donors (Lipinski definition) is 0. The summed E-state index contributed by atoms with van der Waals surface area (Å²) in [6.07, 6.45) is 1.94. The van der Waals surface area contributed by atoms with E-state index in [1.807, 2.05) is 12.3 Å². The van der Waals surface area contributed by atoms with Crippen molar-refractivity contribution in [2.75, 3.05) is 76.4 Å². The van der Waals surface area contributed by atoms with Crippen LogP contribution in [-0.2, 0) is 24.4 Å². The van der Waals surface area contributed by atoms with Crippen LogP contribution in [0.1, 0.15) is 16.8 Å². The van der Waals surface area contributed by atoms with E-state index in [-0.39, 0.29) is 0 Å². The van der Waals surface area contributed by atoms with E-state index in [9.17, 15) is 0 Å². The Morgan fingerprint density at radius 2 is 1.62 bits per heavy atom. The topological polar surface area (TPSA) is 44.3 Å². The molecular weight excluding hydrogens is 462 g/mol. The maximum atomic E-state index is 5.52. The number of anilines is 2. The number of piperazine rings is 1. The monoisotopic (exact) mass is 501 g/mol. The number of ether oxygens (including phenoxy) is 2. The minimum absolute atomic E-state index is 0.790. The number of benzene rings is 2. The number of rotatable bonds is 9. The molecule has 196 valence electrons. The maximum Gasteiger partial charge on any atom is 0.119 e. The predicted octanol–water partition coefficient (Wildman–Crippen LogP) is 3.88. The molecule has 3 heterocycles. The average molecular weight is 502 g/mol. The van der Waals surface area contributed by atoms with Gasteiger partial charge in [-0.2, -0.15) is 0 Å². The van der Waals surface area contributed by atoms with E-state index in [0.29, 0.717) is 0 Å². The molecule has 0 radical (unpaired) electrons. The fraction of sp³-hybridized carbons (Fsp3) is 0.433. The molecule has 2 fully saturated rings. The molecule has 5 rings (SSSR count). The van der Waals surface area contributed by atoms with Crippen LogP contribution in [0.2, 0.25) is 0 Å². The van der Waals surface area contributed by atoms with Gasteiger partial charge in [-0.1, -0.05) is 24.3 Å². The largest absolute Gasteiger partial charge is 0.497 e. The normalized spacial score (nSPS) is 17.1. The van der Waals surface area contributed by atoms with Gasteiger partial charge in [0, 0.05) is 76.5 Å². The first kappa shape index (κ1) is 25.5. The quantitative estimate of drug-likeness (QED) is 0.441. The Kier molecular flexibility index (Phi) is 8.56. The van der Waals surface area contributed by atoms with Gasteiger partial charge in [0.1, 0.15) is 5.75 Å². The first-order valence-electron chi connectivity index (χ1n) is 13.3. The van der Waals surface area contributed by atoms with Crippen molar-refractivity contribution in [2.24, 2.45) is 0 Å². The molecule has 1 aromatic heterocycles. The Morgan fingerprint density at radius 3 is 2.38 bits per heavy atom. The van der Waals surface area contributed by atoms with Gasteiger partial charge in [-0.3, -0.25) is 9.88 Å². The molecule has 0 amide bonds. The highest BCUT2D eigenvalue weighted by atomic mass is 16.5. The predicted molar refractivity (Wildman–Crippen MR) is 149 cm³/mol. The second kappa shape index (κ2) is 12.4. The molecule has 0 aliphatic carbocycles. The summed E-state index contributed by atoms with van der Waals surface area (Å²) < 4.78 is 11.0. The molecule has 7 nitrogen and oxygen atoms in total. The van der Waals surface area contributed by atoms with Crippen molar-refractivity contribution in [3.63, 3.8) is 0 Å². The molecule has 0 bridgehead atoms. The molecule has 37 heavy (non-hydrogen) atoms. The Morgan fingerprint density at radius 1 is 0.865 bits per heavy atom. The van der Waals surface area contributed by atoms with Crippen molar-refractivity contribution < 1.29 is 9.47 Å². The zero-order valence-corrected chi connectivity index (χ0v) is 22.2. The van der Waals surface area contributed by atoms with Crippen molar-refractivity contribution in [3.8, 4) is 5.75 Å². The van der Waals surface area contributed by atoms with E-state index in [4.69, 9.17) is 9.47 Å². The minimum Gasteiger partial charge on any atom is -0.497 e. The SMILES string of the molecule is COc1cccc(CN(Cc2ccc(N3CCN(C)CC3)cc2)c2ccnc(CN3CCOCC3)c2)c1. The lowest BCUT2D eigenvalue weighted by Crippen LogP contribution is -2.44. The molecule has 0 saturated carbocycles. The van der Waals surface area contributed by atoms with Crippen LogP contribution in [0.4, 0.5) is 11.4 Å². The summed E-state index contributed by atoms with van der Waals surface area (Å²) in [7, 11) is 3.92. The summed E-state index contributed by atoms with van der Waals surface area (Å²) in [6, 6.07) is 21.8. The summed E-state index contributed by atoms with van der Waals surface area (Å²) in [4.78, 5) is 14.4. The van der Waals surface area contributed by atoms with E-state index >= 15 is 0 Å². The molecule has 2 aromatic carbocycles. The van der Waals surface area contributed by atoms with Gasteiger partial charge >= 0.3 is 0 Å². The summed E-state index contributed by atoms with van der Waals surface area (Å²) >= 11 is 0. The van der Waals surface area contributed by atoms with Crippen LogP contribution in [0.3, 0.4) is 0 Å². The highest BCUT2D eigenvalue weighted by molar-refractivity contribution is 5.51. The summed E-state index contributed by atoms with van der Waals surface area (Å²) in [6.45, 7) is 10.4. The molecule has 2 saturated heterocycles. The number of aromatic nitrogens is 1. The molecule has 2 aliphatic rings. The lowest BCUT2D eigenvalue weighted by molar-refractivity contribution is 0.0336. The number of methoxy groups -OCH3 is 1. The fourth-order valence-corrected chi connectivity index (χ4v) is 5.06. The van der Waals surface area contributed by atoms with Crippen LogP contribution in [0.15, 0.2) is 66.9 Å². The van der Waals surface area contributed by atoms with Crippen LogP contribution in [0, 0.1) is 0 Å². The molecule has 0 unspecified atom stereocenters. The van der Waals surface area contributed by atoms with Gasteiger partial charge in [-0.05, 0) is 54.6 Å². The first-order valence-corrected chi connectivity index (χ1v) is 13.3. The molecule has 2 aliphatic heterocycles. The van der Waals surface area contributed by atoms with Gasteiger partial charge in [0.2, 0.25) is 0 Å².